The Morgan fingerprint density at radius 3 is 2.67 bits per heavy atom. The van der Waals surface area contributed by atoms with Crippen LogP contribution in [0.1, 0.15) is 34.1 Å². The number of halogens is 1. The maximum absolute atomic E-state index is 13.7. The van der Waals surface area contributed by atoms with Crippen LogP contribution in [-0.2, 0) is 26.0 Å². The Balaban J connectivity index is 1.61. The summed E-state index contributed by atoms with van der Waals surface area (Å²) < 4.78 is 45.2. The number of nitriles is 1. The van der Waals surface area contributed by atoms with Crippen molar-refractivity contribution in [1.82, 2.24) is 9.71 Å². The van der Waals surface area contributed by atoms with Crippen molar-refractivity contribution in [2.45, 2.75) is 20.3 Å². The van der Waals surface area contributed by atoms with Gasteiger partial charge in [0.2, 0.25) is 15.9 Å². The number of pyridine rings is 1. The van der Waals surface area contributed by atoms with E-state index in [1.54, 1.807) is 24.8 Å². The van der Waals surface area contributed by atoms with Crippen LogP contribution < -0.4 is 9.62 Å². The number of benzene rings is 1. The maximum atomic E-state index is 13.7. The van der Waals surface area contributed by atoms with Crippen molar-refractivity contribution in [3.8, 4) is 6.07 Å². The number of ether oxygens (including phenoxy) is 1. The Bertz CT molecular complexity index is 1220. The van der Waals surface area contributed by atoms with E-state index in [4.69, 9.17) is 4.74 Å². The lowest BCUT2D eigenvalue weighted by molar-refractivity contribution is -0.123. The summed E-state index contributed by atoms with van der Waals surface area (Å²) in [5, 5.41) is 9.46. The monoisotopic (exact) mass is 474 g/mol. The highest BCUT2D eigenvalue weighted by atomic mass is 32.2. The molecule has 11 heteroatoms. The van der Waals surface area contributed by atoms with Crippen molar-refractivity contribution in [3.63, 3.8) is 0 Å². The van der Waals surface area contributed by atoms with E-state index in [1.807, 2.05) is 10.8 Å². The van der Waals surface area contributed by atoms with Gasteiger partial charge in [-0.25, -0.2) is 22.6 Å². The first-order chi connectivity index (χ1) is 15.6. The second kappa shape index (κ2) is 9.95. The third-order valence-corrected chi connectivity index (χ3v) is 6.47. The number of carbonyl (C=O) groups excluding carboxylic acids is 2. The first-order valence-electron chi connectivity index (χ1n) is 10.3. The molecular weight excluding hydrogens is 451 g/mol. The molecule has 1 aliphatic rings. The molecule has 1 fully saturated rings. The van der Waals surface area contributed by atoms with E-state index >= 15 is 0 Å². The van der Waals surface area contributed by atoms with Crippen LogP contribution in [0.4, 0.5) is 10.2 Å². The molecule has 1 aromatic heterocycles. The molecule has 2 aromatic rings. The van der Waals surface area contributed by atoms with Crippen LogP contribution in [0.2, 0.25) is 0 Å². The van der Waals surface area contributed by atoms with E-state index in [-0.39, 0.29) is 42.8 Å². The van der Waals surface area contributed by atoms with Crippen LogP contribution in [0.25, 0.3) is 0 Å². The molecule has 0 atom stereocenters. The van der Waals surface area contributed by atoms with Gasteiger partial charge >= 0.3 is 5.97 Å². The van der Waals surface area contributed by atoms with Gasteiger partial charge in [-0.15, -0.1) is 0 Å². The summed E-state index contributed by atoms with van der Waals surface area (Å²) in [6.07, 6.45) is -0.0619. The zero-order valence-corrected chi connectivity index (χ0v) is 19.0. The maximum Gasteiger partial charge on any atom is 0.340 e. The van der Waals surface area contributed by atoms with Gasteiger partial charge in [0.05, 0.1) is 35.1 Å². The van der Waals surface area contributed by atoms with Gasteiger partial charge in [-0.3, -0.25) is 9.52 Å². The Morgan fingerprint density at radius 1 is 1.33 bits per heavy atom. The summed E-state index contributed by atoms with van der Waals surface area (Å²) in [7, 11) is -3.94. The van der Waals surface area contributed by atoms with Crippen LogP contribution in [0.3, 0.4) is 0 Å². The molecule has 0 unspecified atom stereocenters. The second-order valence-electron chi connectivity index (χ2n) is 7.55. The van der Waals surface area contributed by atoms with Crippen LogP contribution in [0, 0.1) is 30.0 Å². The van der Waals surface area contributed by atoms with E-state index < -0.39 is 39.4 Å². The molecule has 1 aliphatic heterocycles. The molecule has 3 rings (SSSR count). The minimum atomic E-state index is -3.94. The zero-order chi connectivity index (χ0) is 24.2. The summed E-state index contributed by atoms with van der Waals surface area (Å²) in [5.74, 6) is -2.48. The fourth-order valence-corrected chi connectivity index (χ4v) is 4.45. The third-order valence-electron chi connectivity index (χ3n) is 5.21. The predicted molar refractivity (Wildman–Crippen MR) is 117 cm³/mol. The van der Waals surface area contributed by atoms with Crippen molar-refractivity contribution >= 4 is 27.7 Å². The average molecular weight is 475 g/mol. The van der Waals surface area contributed by atoms with E-state index in [1.165, 1.54) is 24.3 Å². The van der Waals surface area contributed by atoms with Crippen LogP contribution >= 0.6 is 0 Å². The number of hydrogen-bond acceptors (Lipinski definition) is 8. The summed E-state index contributed by atoms with van der Waals surface area (Å²) in [5.41, 5.74) is 0.973. The molecule has 1 N–H and O–H groups in total. The quantitative estimate of drug-likeness (QED) is 0.573. The van der Waals surface area contributed by atoms with E-state index in [0.29, 0.717) is 11.5 Å². The van der Waals surface area contributed by atoms with Crippen molar-refractivity contribution in [2.75, 3.05) is 30.3 Å². The van der Waals surface area contributed by atoms with Gasteiger partial charge in [-0.05, 0) is 38.0 Å². The number of hydrogen-bond donors (Lipinski definition) is 1. The van der Waals surface area contributed by atoms with Crippen LogP contribution in [0.15, 0.2) is 30.3 Å². The molecule has 33 heavy (non-hydrogen) atoms. The summed E-state index contributed by atoms with van der Waals surface area (Å²) in [6.45, 7) is 3.80. The highest BCUT2D eigenvalue weighted by Crippen LogP contribution is 2.28. The Morgan fingerprint density at radius 2 is 2.03 bits per heavy atom. The molecule has 0 radical (unpaired) electrons. The van der Waals surface area contributed by atoms with Gasteiger partial charge in [-0.2, -0.15) is 5.26 Å². The molecule has 9 nitrogen and oxygen atoms in total. The molecule has 0 saturated carbocycles. The van der Waals surface area contributed by atoms with Crippen LogP contribution in [0.5, 0.6) is 0 Å². The number of aryl methyl sites for hydroxylation is 2. The SMILES string of the molecule is CCOC(=O)c1cc(C#N)c(N2CC(C(=O)NS(=O)(=O)CCc3ccccc3F)C2)nc1C. The summed E-state index contributed by atoms with van der Waals surface area (Å²) in [4.78, 5) is 30.4. The molecule has 0 spiro atoms. The Labute approximate surface area is 191 Å². The number of sulfonamides is 1. The number of nitrogens with one attached hydrogen (secondary N) is 1. The molecule has 0 bridgehead atoms. The lowest BCUT2D eigenvalue weighted by Gasteiger charge is -2.39. The zero-order valence-electron chi connectivity index (χ0n) is 18.2. The van der Waals surface area contributed by atoms with Crippen molar-refractivity contribution in [2.24, 2.45) is 5.92 Å². The van der Waals surface area contributed by atoms with Gasteiger partial charge in [0, 0.05) is 13.1 Å². The fraction of sp³-hybridized carbons (Fsp3) is 0.364. The number of aromatic nitrogens is 1. The van der Waals surface area contributed by atoms with Crippen LogP contribution in [-0.4, -0.2) is 50.7 Å². The first-order valence-corrected chi connectivity index (χ1v) is 11.9. The topological polar surface area (TPSA) is 129 Å². The number of anilines is 1. The normalized spacial score (nSPS) is 13.7. The van der Waals surface area contributed by atoms with Gasteiger partial charge in [0.25, 0.3) is 0 Å². The number of carbonyl (C=O) groups is 2. The predicted octanol–water partition coefficient (Wildman–Crippen LogP) is 1.70. The van der Waals surface area contributed by atoms with E-state index in [0.717, 1.165) is 0 Å². The number of nitrogens with zero attached hydrogens (tertiary/aromatic N) is 3. The fourth-order valence-electron chi connectivity index (χ4n) is 3.38. The number of rotatable bonds is 8. The number of esters is 1. The molecule has 1 aromatic carbocycles. The van der Waals surface area contributed by atoms with Gasteiger partial charge in [0.1, 0.15) is 17.7 Å². The van der Waals surface area contributed by atoms with Gasteiger partial charge in [0.15, 0.2) is 0 Å². The summed E-state index contributed by atoms with van der Waals surface area (Å²) in [6, 6.07) is 9.24. The second-order valence-corrected chi connectivity index (χ2v) is 9.40. The molecule has 174 valence electrons. The van der Waals surface area contributed by atoms with Crippen molar-refractivity contribution in [1.29, 1.82) is 5.26 Å². The average Bonchev–Trinajstić information content (AvgIpc) is 2.72. The lowest BCUT2D eigenvalue weighted by atomic mass is 9.98. The summed E-state index contributed by atoms with van der Waals surface area (Å²) >= 11 is 0. The standard InChI is InChI=1S/C22H23FN4O5S/c1-3-32-22(29)18-10-16(11-24)20(25-14(18)2)27-12-17(13-27)21(28)26-33(30,31)9-8-15-6-4-5-7-19(15)23/h4-7,10,17H,3,8-9,12-13H2,1-2H3,(H,26,28). The number of amides is 1. The molecule has 1 amide bonds. The van der Waals surface area contributed by atoms with Crippen molar-refractivity contribution < 1.29 is 27.1 Å². The van der Waals surface area contributed by atoms with E-state index in [2.05, 4.69) is 4.98 Å². The smallest absolute Gasteiger partial charge is 0.340 e. The minimum absolute atomic E-state index is 0.0619. The highest BCUT2D eigenvalue weighted by Gasteiger charge is 2.36. The van der Waals surface area contributed by atoms with Gasteiger partial charge < -0.3 is 9.64 Å². The molecule has 1 saturated heterocycles. The lowest BCUT2D eigenvalue weighted by Crippen LogP contribution is -2.55. The Hall–Kier alpha value is -3.52. The minimum Gasteiger partial charge on any atom is -0.462 e. The third kappa shape index (κ3) is 5.64. The Kier molecular flexibility index (Phi) is 7.28. The highest BCUT2D eigenvalue weighted by molar-refractivity contribution is 7.90. The van der Waals surface area contributed by atoms with Crippen molar-refractivity contribution in [3.05, 3.63) is 58.5 Å². The van der Waals surface area contributed by atoms with Gasteiger partial charge in [-0.1, -0.05) is 18.2 Å². The van der Waals surface area contributed by atoms with E-state index in [9.17, 15) is 27.7 Å². The molecule has 0 aliphatic carbocycles. The first kappa shape index (κ1) is 24.1. The molecule has 2 heterocycles. The molecular formula is C22H23FN4O5S. The largest absolute Gasteiger partial charge is 0.462 e.